The number of sulfone groups is 1. The van der Waals surface area contributed by atoms with Crippen molar-refractivity contribution in [2.75, 3.05) is 5.75 Å². The number of hydrogen-bond donors (Lipinski definition) is 0. The molecule has 1 aromatic carbocycles. The van der Waals surface area contributed by atoms with E-state index in [1.807, 2.05) is 6.92 Å². The van der Waals surface area contributed by atoms with Crippen molar-refractivity contribution in [3.8, 4) is 0 Å². The number of rotatable bonds is 5. The van der Waals surface area contributed by atoms with E-state index < -0.39 is 15.6 Å². The van der Waals surface area contributed by atoms with E-state index in [4.69, 9.17) is 23.2 Å². The van der Waals surface area contributed by atoms with Crippen LogP contribution in [0.1, 0.15) is 19.8 Å². The SMILES string of the molecule is CCCC(=O)CS(=O)(=O)c1cc(Cl)ccc1Cl. The Balaban J connectivity index is 3.05. The van der Waals surface area contributed by atoms with Crippen molar-refractivity contribution >= 4 is 38.8 Å². The van der Waals surface area contributed by atoms with E-state index in [1.165, 1.54) is 18.2 Å². The van der Waals surface area contributed by atoms with Crippen molar-refractivity contribution in [2.24, 2.45) is 0 Å². The highest BCUT2D eigenvalue weighted by Crippen LogP contribution is 2.26. The quantitative estimate of drug-likeness (QED) is 0.838. The van der Waals surface area contributed by atoms with Gasteiger partial charge in [-0.1, -0.05) is 30.1 Å². The Labute approximate surface area is 111 Å². The van der Waals surface area contributed by atoms with E-state index in [1.54, 1.807) is 0 Å². The van der Waals surface area contributed by atoms with Crippen molar-refractivity contribution in [2.45, 2.75) is 24.7 Å². The van der Waals surface area contributed by atoms with Gasteiger partial charge in [0.15, 0.2) is 9.84 Å². The van der Waals surface area contributed by atoms with Gasteiger partial charge in [-0.05, 0) is 24.6 Å². The molecule has 0 spiro atoms. The summed E-state index contributed by atoms with van der Waals surface area (Å²) in [6.45, 7) is 1.82. The first-order valence-electron chi connectivity index (χ1n) is 5.06. The van der Waals surface area contributed by atoms with Gasteiger partial charge in [0.05, 0.1) is 9.92 Å². The Bertz CT molecular complexity index is 524. The lowest BCUT2D eigenvalue weighted by molar-refractivity contribution is -0.116. The first-order chi connectivity index (χ1) is 7.86. The number of carbonyl (C=O) groups excluding carboxylic acids is 1. The molecule has 0 aliphatic rings. The molecular weight excluding hydrogens is 283 g/mol. The van der Waals surface area contributed by atoms with Gasteiger partial charge in [0, 0.05) is 11.4 Å². The highest BCUT2D eigenvalue weighted by atomic mass is 35.5. The van der Waals surface area contributed by atoms with Crippen molar-refractivity contribution < 1.29 is 13.2 Å². The maximum absolute atomic E-state index is 11.9. The number of hydrogen-bond acceptors (Lipinski definition) is 3. The highest BCUT2D eigenvalue weighted by Gasteiger charge is 2.21. The van der Waals surface area contributed by atoms with E-state index in [0.29, 0.717) is 6.42 Å². The topological polar surface area (TPSA) is 51.2 Å². The van der Waals surface area contributed by atoms with Gasteiger partial charge in [-0.2, -0.15) is 0 Å². The Kier molecular flexibility index (Phi) is 4.98. The molecular formula is C11H12Cl2O3S. The minimum Gasteiger partial charge on any atom is -0.299 e. The lowest BCUT2D eigenvalue weighted by atomic mass is 10.3. The van der Waals surface area contributed by atoms with Gasteiger partial charge in [0.2, 0.25) is 0 Å². The van der Waals surface area contributed by atoms with Gasteiger partial charge >= 0.3 is 0 Å². The highest BCUT2D eigenvalue weighted by molar-refractivity contribution is 7.92. The Morgan fingerprint density at radius 2 is 1.94 bits per heavy atom. The zero-order chi connectivity index (χ0) is 13.1. The number of Topliss-reactive ketones (excluding diaryl/α,β-unsaturated/α-hetero) is 1. The Morgan fingerprint density at radius 3 is 2.53 bits per heavy atom. The van der Waals surface area contributed by atoms with Crippen LogP contribution in [0.2, 0.25) is 10.0 Å². The van der Waals surface area contributed by atoms with E-state index in [2.05, 4.69) is 0 Å². The molecule has 0 amide bonds. The average molecular weight is 295 g/mol. The minimum atomic E-state index is -3.70. The van der Waals surface area contributed by atoms with E-state index in [-0.39, 0.29) is 27.1 Å². The molecule has 0 fully saturated rings. The molecule has 3 nitrogen and oxygen atoms in total. The lowest BCUT2D eigenvalue weighted by Crippen LogP contribution is -2.16. The number of carbonyl (C=O) groups is 1. The van der Waals surface area contributed by atoms with Gasteiger partial charge in [-0.3, -0.25) is 4.79 Å². The fourth-order valence-corrected chi connectivity index (χ4v) is 3.46. The summed E-state index contributed by atoms with van der Waals surface area (Å²) in [5, 5.41) is 0.356. The molecule has 0 aromatic heterocycles. The normalized spacial score (nSPS) is 11.5. The summed E-state index contributed by atoms with van der Waals surface area (Å²) >= 11 is 11.5. The van der Waals surface area contributed by atoms with Crippen molar-refractivity contribution in [1.82, 2.24) is 0 Å². The maximum atomic E-state index is 11.9. The van der Waals surface area contributed by atoms with Crippen LogP contribution >= 0.6 is 23.2 Å². The van der Waals surface area contributed by atoms with E-state index >= 15 is 0 Å². The molecule has 94 valence electrons. The largest absolute Gasteiger partial charge is 0.299 e. The first-order valence-corrected chi connectivity index (χ1v) is 7.47. The minimum absolute atomic E-state index is 0.0821. The predicted molar refractivity (Wildman–Crippen MR) is 68.4 cm³/mol. The van der Waals surface area contributed by atoms with Crippen LogP contribution in [0.5, 0.6) is 0 Å². The van der Waals surface area contributed by atoms with Gasteiger partial charge in [-0.25, -0.2) is 8.42 Å². The zero-order valence-corrected chi connectivity index (χ0v) is 11.6. The van der Waals surface area contributed by atoms with Crippen LogP contribution in [-0.4, -0.2) is 20.0 Å². The van der Waals surface area contributed by atoms with Gasteiger partial charge in [0.25, 0.3) is 0 Å². The molecule has 17 heavy (non-hydrogen) atoms. The molecule has 0 saturated carbocycles. The second kappa shape index (κ2) is 5.85. The van der Waals surface area contributed by atoms with Crippen LogP contribution in [0.25, 0.3) is 0 Å². The van der Waals surface area contributed by atoms with Crippen LogP contribution in [0.15, 0.2) is 23.1 Å². The van der Waals surface area contributed by atoms with Crippen molar-refractivity contribution in [1.29, 1.82) is 0 Å². The Hall–Kier alpha value is -0.580. The third-order valence-corrected chi connectivity index (χ3v) is 4.49. The Morgan fingerprint density at radius 1 is 1.29 bits per heavy atom. The van der Waals surface area contributed by atoms with Crippen LogP contribution in [0.4, 0.5) is 0 Å². The second-order valence-electron chi connectivity index (χ2n) is 3.62. The molecule has 0 radical (unpaired) electrons. The summed E-state index contributed by atoms with van der Waals surface area (Å²) in [5.74, 6) is -0.843. The summed E-state index contributed by atoms with van der Waals surface area (Å²) in [6, 6.07) is 4.16. The number of halogens is 2. The fourth-order valence-electron chi connectivity index (χ4n) is 1.36. The van der Waals surface area contributed by atoms with Gasteiger partial charge in [-0.15, -0.1) is 0 Å². The van der Waals surface area contributed by atoms with Gasteiger partial charge in [0.1, 0.15) is 11.5 Å². The summed E-state index contributed by atoms with van der Waals surface area (Å²) < 4.78 is 23.9. The number of ketones is 1. The van der Waals surface area contributed by atoms with Gasteiger partial charge < -0.3 is 0 Å². The van der Waals surface area contributed by atoms with Crippen LogP contribution in [0, 0.1) is 0 Å². The summed E-state index contributed by atoms with van der Waals surface area (Å²) in [4.78, 5) is 11.3. The first kappa shape index (κ1) is 14.5. The molecule has 0 atom stereocenters. The second-order valence-corrected chi connectivity index (χ2v) is 6.42. The van der Waals surface area contributed by atoms with Crippen molar-refractivity contribution in [3.05, 3.63) is 28.2 Å². The molecule has 0 heterocycles. The van der Waals surface area contributed by atoms with Crippen LogP contribution in [0.3, 0.4) is 0 Å². The molecule has 6 heteroatoms. The average Bonchev–Trinajstić information content (AvgIpc) is 2.21. The van der Waals surface area contributed by atoms with E-state index in [0.717, 1.165) is 0 Å². The van der Waals surface area contributed by atoms with Crippen molar-refractivity contribution in [3.63, 3.8) is 0 Å². The smallest absolute Gasteiger partial charge is 0.186 e. The van der Waals surface area contributed by atoms with E-state index in [9.17, 15) is 13.2 Å². The molecule has 1 rings (SSSR count). The molecule has 0 aliphatic heterocycles. The fraction of sp³-hybridized carbons (Fsp3) is 0.364. The predicted octanol–water partition coefficient (Wildman–Crippen LogP) is 3.14. The molecule has 0 aliphatic carbocycles. The summed E-state index contributed by atoms with van der Waals surface area (Å²) in [6.07, 6.45) is 0.870. The molecule has 1 aromatic rings. The summed E-state index contributed by atoms with van der Waals surface area (Å²) in [7, 11) is -3.70. The third kappa shape index (κ3) is 3.98. The standard InChI is InChI=1S/C11H12Cl2O3S/c1-2-3-9(14)7-17(15,16)11-6-8(12)4-5-10(11)13/h4-6H,2-3,7H2,1H3. The molecule has 0 unspecified atom stereocenters. The molecule has 0 N–H and O–H groups in total. The molecule has 0 bridgehead atoms. The monoisotopic (exact) mass is 294 g/mol. The van der Waals surface area contributed by atoms with Crippen LogP contribution in [-0.2, 0) is 14.6 Å². The molecule has 0 saturated heterocycles. The third-order valence-electron chi connectivity index (χ3n) is 2.11. The zero-order valence-electron chi connectivity index (χ0n) is 9.24. The number of benzene rings is 1. The lowest BCUT2D eigenvalue weighted by Gasteiger charge is -2.06. The maximum Gasteiger partial charge on any atom is 0.186 e. The van der Waals surface area contributed by atoms with Crippen LogP contribution < -0.4 is 0 Å². The summed E-state index contributed by atoms with van der Waals surface area (Å²) in [5.41, 5.74) is 0.